The molecule has 0 aliphatic carbocycles. The first-order chi connectivity index (χ1) is 6.09. The Morgan fingerprint density at radius 2 is 2.15 bits per heavy atom. The molecule has 6 heteroatoms. The van der Waals surface area contributed by atoms with E-state index in [1.165, 1.54) is 7.05 Å². The lowest BCUT2D eigenvalue weighted by atomic mass is 10.5. The molecule has 0 aliphatic heterocycles. The van der Waals surface area contributed by atoms with E-state index in [-0.39, 0.29) is 16.8 Å². The van der Waals surface area contributed by atoms with Gasteiger partial charge in [0.25, 0.3) is 11.3 Å². The van der Waals surface area contributed by atoms with Crippen molar-refractivity contribution < 1.29 is 4.42 Å². The van der Waals surface area contributed by atoms with Crippen molar-refractivity contribution in [2.75, 3.05) is 0 Å². The smallest absolute Gasteiger partial charge is 0.388 e. The van der Waals surface area contributed by atoms with Crippen LogP contribution in [0.15, 0.2) is 14.0 Å². The molecule has 13 heavy (non-hydrogen) atoms. The van der Waals surface area contributed by atoms with Crippen LogP contribution in [0.4, 0.5) is 0 Å². The third-order valence-electron chi connectivity index (χ3n) is 1.77. The molecular weight excluding hydrogens is 174 g/mol. The fraction of sp³-hybridized carbons (Fsp3) is 0.286. The number of nitrogens with one attached hydrogen (secondary N) is 1. The van der Waals surface area contributed by atoms with Crippen LogP contribution in [0.1, 0.15) is 5.82 Å². The molecule has 0 atom stereocenters. The summed E-state index contributed by atoms with van der Waals surface area (Å²) < 4.78 is 5.86. The number of rotatable bonds is 0. The van der Waals surface area contributed by atoms with Gasteiger partial charge in [0.15, 0.2) is 5.52 Å². The molecular formula is C7H7N3O3. The summed E-state index contributed by atoms with van der Waals surface area (Å²) in [5, 5.41) is 0. The maximum Gasteiger partial charge on any atom is 0.421 e. The first-order valence-corrected chi connectivity index (χ1v) is 3.66. The van der Waals surface area contributed by atoms with Gasteiger partial charge in [-0.1, -0.05) is 0 Å². The molecule has 0 aromatic carbocycles. The molecule has 0 spiro atoms. The van der Waals surface area contributed by atoms with Crippen LogP contribution in [0, 0.1) is 6.92 Å². The molecule has 0 amide bonds. The minimum Gasteiger partial charge on any atom is -0.388 e. The predicted octanol–water partition coefficient (Wildman–Crippen LogP) is -0.477. The van der Waals surface area contributed by atoms with E-state index in [2.05, 4.69) is 9.97 Å². The van der Waals surface area contributed by atoms with E-state index in [9.17, 15) is 9.59 Å². The van der Waals surface area contributed by atoms with Gasteiger partial charge in [-0.05, 0) is 6.92 Å². The van der Waals surface area contributed by atoms with E-state index in [0.717, 1.165) is 4.57 Å². The van der Waals surface area contributed by atoms with Crippen molar-refractivity contribution >= 4 is 11.2 Å². The highest BCUT2D eigenvalue weighted by atomic mass is 16.4. The average Bonchev–Trinajstić information content (AvgIpc) is 2.27. The van der Waals surface area contributed by atoms with Gasteiger partial charge < -0.3 is 9.40 Å². The molecule has 0 saturated heterocycles. The number of fused-ring (bicyclic) bond motifs is 1. The van der Waals surface area contributed by atoms with Gasteiger partial charge in [-0.2, -0.15) is 4.98 Å². The number of oxazole rings is 1. The van der Waals surface area contributed by atoms with Crippen LogP contribution in [0.2, 0.25) is 0 Å². The maximum atomic E-state index is 11.3. The van der Waals surface area contributed by atoms with Crippen LogP contribution in [-0.2, 0) is 7.05 Å². The topological polar surface area (TPSA) is 80.9 Å². The molecule has 0 fully saturated rings. The van der Waals surface area contributed by atoms with Crippen LogP contribution >= 0.6 is 0 Å². The van der Waals surface area contributed by atoms with Gasteiger partial charge in [-0.3, -0.25) is 9.36 Å². The lowest BCUT2D eigenvalue weighted by Gasteiger charge is -1.91. The second-order valence-corrected chi connectivity index (χ2v) is 2.73. The number of hydrogen-bond acceptors (Lipinski definition) is 4. The molecule has 2 heterocycles. The van der Waals surface area contributed by atoms with Gasteiger partial charge in [0, 0.05) is 7.05 Å². The average molecular weight is 181 g/mol. The molecule has 2 aromatic rings. The standard InChI is InChI=1S/C7H7N3O3/c1-3-8-5(11)4-6(9-3)13-7(12)10(4)2/h1-2H3,(H,8,9,11). The minimum absolute atomic E-state index is 0.0775. The van der Waals surface area contributed by atoms with E-state index in [0.29, 0.717) is 5.82 Å². The summed E-state index contributed by atoms with van der Waals surface area (Å²) in [4.78, 5) is 28.7. The van der Waals surface area contributed by atoms with Gasteiger partial charge in [0.1, 0.15) is 5.82 Å². The Labute approximate surface area is 71.8 Å². The number of hydrogen-bond donors (Lipinski definition) is 1. The van der Waals surface area contributed by atoms with Crippen molar-refractivity contribution in [1.82, 2.24) is 14.5 Å². The van der Waals surface area contributed by atoms with Gasteiger partial charge in [-0.25, -0.2) is 4.79 Å². The highest BCUT2D eigenvalue weighted by Crippen LogP contribution is 2.01. The van der Waals surface area contributed by atoms with E-state index >= 15 is 0 Å². The number of aryl methyl sites for hydroxylation is 2. The first-order valence-electron chi connectivity index (χ1n) is 3.66. The van der Waals surface area contributed by atoms with Crippen LogP contribution in [-0.4, -0.2) is 14.5 Å². The summed E-state index contributed by atoms with van der Waals surface area (Å²) in [5.41, 5.74) is -0.125. The zero-order chi connectivity index (χ0) is 9.59. The largest absolute Gasteiger partial charge is 0.421 e. The Morgan fingerprint density at radius 1 is 1.46 bits per heavy atom. The molecule has 6 nitrogen and oxygen atoms in total. The molecule has 2 aromatic heterocycles. The summed E-state index contributed by atoms with van der Waals surface area (Å²) in [6.07, 6.45) is 0. The van der Waals surface area contributed by atoms with Crippen molar-refractivity contribution in [3.8, 4) is 0 Å². The van der Waals surface area contributed by atoms with Crippen molar-refractivity contribution in [2.24, 2.45) is 7.05 Å². The van der Waals surface area contributed by atoms with Crippen molar-refractivity contribution in [3.05, 3.63) is 26.7 Å². The zero-order valence-corrected chi connectivity index (χ0v) is 7.12. The Kier molecular flexibility index (Phi) is 1.39. The summed E-state index contributed by atoms with van der Waals surface area (Å²) in [7, 11) is 1.46. The Hall–Kier alpha value is -1.85. The van der Waals surface area contributed by atoms with Gasteiger partial charge in [0.2, 0.25) is 0 Å². The molecule has 1 N–H and O–H groups in total. The van der Waals surface area contributed by atoms with E-state index < -0.39 is 5.76 Å². The molecule has 2 rings (SSSR count). The number of aromatic amines is 1. The summed E-state index contributed by atoms with van der Waals surface area (Å²) in [6.45, 7) is 1.62. The lowest BCUT2D eigenvalue weighted by Crippen LogP contribution is -2.16. The third-order valence-corrected chi connectivity index (χ3v) is 1.77. The Morgan fingerprint density at radius 3 is 2.85 bits per heavy atom. The van der Waals surface area contributed by atoms with Gasteiger partial charge in [0.05, 0.1) is 0 Å². The number of nitrogens with zero attached hydrogens (tertiary/aromatic N) is 2. The molecule has 0 unspecified atom stereocenters. The first kappa shape index (κ1) is 7.78. The van der Waals surface area contributed by atoms with E-state index in [1.807, 2.05) is 0 Å². The minimum atomic E-state index is -0.585. The van der Waals surface area contributed by atoms with Gasteiger partial charge >= 0.3 is 5.76 Å². The molecule has 68 valence electrons. The second kappa shape index (κ2) is 2.32. The normalized spacial score (nSPS) is 10.9. The Bertz CT molecular complexity index is 575. The lowest BCUT2D eigenvalue weighted by molar-refractivity contribution is 0.519. The predicted molar refractivity (Wildman–Crippen MR) is 44.6 cm³/mol. The summed E-state index contributed by atoms with van der Waals surface area (Å²) in [6, 6.07) is 0. The SMILES string of the molecule is Cc1nc2oc(=O)n(C)c2c(=O)[nH]1. The summed E-state index contributed by atoms with van der Waals surface area (Å²) >= 11 is 0. The summed E-state index contributed by atoms with van der Waals surface area (Å²) in [5.74, 6) is -0.162. The van der Waals surface area contributed by atoms with Crippen LogP contribution < -0.4 is 11.3 Å². The fourth-order valence-corrected chi connectivity index (χ4v) is 1.16. The van der Waals surface area contributed by atoms with E-state index in [4.69, 9.17) is 4.42 Å². The van der Waals surface area contributed by atoms with Crippen LogP contribution in [0.3, 0.4) is 0 Å². The highest BCUT2D eigenvalue weighted by molar-refractivity contribution is 5.66. The van der Waals surface area contributed by atoms with Crippen LogP contribution in [0.25, 0.3) is 11.2 Å². The van der Waals surface area contributed by atoms with Crippen molar-refractivity contribution in [3.63, 3.8) is 0 Å². The molecule has 0 aliphatic rings. The molecule has 0 radical (unpaired) electrons. The maximum absolute atomic E-state index is 11.3. The molecule has 0 bridgehead atoms. The van der Waals surface area contributed by atoms with Crippen molar-refractivity contribution in [2.45, 2.75) is 6.92 Å². The van der Waals surface area contributed by atoms with Crippen LogP contribution in [0.5, 0.6) is 0 Å². The molecule has 0 saturated carbocycles. The number of H-pyrrole nitrogens is 1. The second-order valence-electron chi connectivity index (χ2n) is 2.73. The Balaban J connectivity index is 3.12. The van der Waals surface area contributed by atoms with Crippen molar-refractivity contribution in [1.29, 1.82) is 0 Å². The van der Waals surface area contributed by atoms with E-state index in [1.54, 1.807) is 6.92 Å². The highest BCUT2D eigenvalue weighted by Gasteiger charge is 2.10. The zero-order valence-electron chi connectivity index (χ0n) is 7.12. The van der Waals surface area contributed by atoms with Gasteiger partial charge in [-0.15, -0.1) is 0 Å². The third kappa shape index (κ3) is 0.986. The quantitative estimate of drug-likeness (QED) is 0.595. The number of aromatic nitrogens is 3. The fourth-order valence-electron chi connectivity index (χ4n) is 1.16. The monoisotopic (exact) mass is 181 g/mol.